The van der Waals surface area contributed by atoms with E-state index in [9.17, 15) is 18.0 Å². The van der Waals surface area contributed by atoms with Crippen LogP contribution in [0.25, 0.3) is 16.9 Å². The van der Waals surface area contributed by atoms with Crippen LogP contribution in [-0.2, 0) is 12.6 Å². The van der Waals surface area contributed by atoms with Crippen molar-refractivity contribution in [3.8, 4) is 11.3 Å². The van der Waals surface area contributed by atoms with Crippen molar-refractivity contribution in [1.29, 1.82) is 0 Å². The fourth-order valence-corrected chi connectivity index (χ4v) is 3.54. The summed E-state index contributed by atoms with van der Waals surface area (Å²) in [5.41, 5.74) is 0.550. The Morgan fingerprint density at radius 1 is 1.09 bits per heavy atom. The van der Waals surface area contributed by atoms with Gasteiger partial charge in [0.25, 0.3) is 5.91 Å². The summed E-state index contributed by atoms with van der Waals surface area (Å²) in [6.45, 7) is 1.81. The second kappa shape index (κ2) is 8.63. The van der Waals surface area contributed by atoms with Crippen molar-refractivity contribution in [2.75, 3.05) is 6.54 Å². The highest BCUT2D eigenvalue weighted by molar-refractivity contribution is 6.30. The zero-order valence-corrected chi connectivity index (χ0v) is 17.7. The number of carbonyl (C=O) groups excluding carboxylic acids is 1. The van der Waals surface area contributed by atoms with E-state index < -0.39 is 17.8 Å². The highest BCUT2D eigenvalue weighted by Gasteiger charge is 2.36. The summed E-state index contributed by atoms with van der Waals surface area (Å²) in [6, 6.07) is 16.7. The standard InChI is InChI=1S/C23H18ClF3N4O/c1-14-20(22(32)28-12-11-15-5-3-2-4-6-15)21-29-18(16-7-9-17(24)10-8-16)13-19(23(25,26)27)31(21)30-14/h2-10,13H,11-12H2,1H3,(H,28,32). The maximum absolute atomic E-state index is 13.8. The van der Waals surface area contributed by atoms with Crippen molar-refractivity contribution >= 4 is 23.2 Å². The lowest BCUT2D eigenvalue weighted by atomic mass is 10.1. The molecule has 4 rings (SSSR count). The molecular formula is C23H18ClF3N4O. The zero-order chi connectivity index (χ0) is 22.9. The minimum absolute atomic E-state index is 0.0133. The molecule has 164 valence electrons. The van der Waals surface area contributed by atoms with Crippen LogP contribution in [0.15, 0.2) is 60.7 Å². The van der Waals surface area contributed by atoms with Crippen LogP contribution in [0.2, 0.25) is 5.02 Å². The van der Waals surface area contributed by atoms with Crippen molar-refractivity contribution in [2.45, 2.75) is 19.5 Å². The van der Waals surface area contributed by atoms with Crippen LogP contribution in [0.5, 0.6) is 0 Å². The lowest BCUT2D eigenvalue weighted by molar-refractivity contribution is -0.142. The molecule has 0 saturated carbocycles. The number of hydrogen-bond donors (Lipinski definition) is 1. The topological polar surface area (TPSA) is 59.3 Å². The van der Waals surface area contributed by atoms with Gasteiger partial charge in [0.2, 0.25) is 0 Å². The monoisotopic (exact) mass is 458 g/mol. The number of hydrogen-bond acceptors (Lipinski definition) is 3. The van der Waals surface area contributed by atoms with Crippen molar-refractivity contribution in [1.82, 2.24) is 19.9 Å². The second-order valence-corrected chi connectivity index (χ2v) is 7.66. The zero-order valence-electron chi connectivity index (χ0n) is 16.9. The number of rotatable bonds is 5. The quantitative estimate of drug-likeness (QED) is 0.438. The number of fused-ring (bicyclic) bond motifs is 1. The van der Waals surface area contributed by atoms with E-state index in [0.29, 0.717) is 28.1 Å². The average molecular weight is 459 g/mol. The van der Waals surface area contributed by atoms with Gasteiger partial charge in [0, 0.05) is 17.1 Å². The summed E-state index contributed by atoms with van der Waals surface area (Å²) in [4.78, 5) is 17.2. The average Bonchev–Trinajstić information content (AvgIpc) is 3.09. The van der Waals surface area contributed by atoms with Gasteiger partial charge in [-0.15, -0.1) is 0 Å². The molecule has 0 atom stereocenters. The van der Waals surface area contributed by atoms with Gasteiger partial charge in [-0.3, -0.25) is 4.79 Å². The predicted molar refractivity (Wildman–Crippen MR) is 116 cm³/mol. The maximum Gasteiger partial charge on any atom is 0.433 e. The van der Waals surface area contributed by atoms with Crippen molar-refractivity contribution < 1.29 is 18.0 Å². The van der Waals surface area contributed by atoms with Crippen LogP contribution < -0.4 is 5.32 Å². The number of nitrogens with one attached hydrogen (secondary N) is 1. The first kappa shape index (κ1) is 21.8. The summed E-state index contributed by atoms with van der Waals surface area (Å²) in [6.07, 6.45) is -4.11. The van der Waals surface area contributed by atoms with Gasteiger partial charge in [0.05, 0.1) is 11.4 Å². The molecular weight excluding hydrogens is 441 g/mol. The Labute approximate surface area is 186 Å². The number of amides is 1. The van der Waals surface area contributed by atoms with Gasteiger partial charge in [-0.05, 0) is 37.1 Å². The lowest BCUT2D eigenvalue weighted by Gasteiger charge is -2.12. The molecule has 9 heteroatoms. The number of halogens is 4. The fraction of sp³-hybridized carbons (Fsp3) is 0.174. The number of alkyl halides is 3. The number of benzene rings is 2. The van der Waals surface area contributed by atoms with Crippen LogP contribution in [0.4, 0.5) is 13.2 Å². The minimum Gasteiger partial charge on any atom is -0.352 e. The second-order valence-electron chi connectivity index (χ2n) is 7.22. The number of nitrogens with zero attached hydrogens (tertiary/aromatic N) is 3. The molecule has 1 amide bonds. The Bertz CT molecular complexity index is 1270. The van der Waals surface area contributed by atoms with Gasteiger partial charge in [0.15, 0.2) is 11.3 Å². The Kier molecular flexibility index (Phi) is 5.88. The SMILES string of the molecule is Cc1nn2c(C(F)(F)F)cc(-c3ccc(Cl)cc3)nc2c1C(=O)NCCc1ccccc1. The molecule has 0 bridgehead atoms. The largest absolute Gasteiger partial charge is 0.433 e. The van der Waals surface area contributed by atoms with E-state index in [1.807, 2.05) is 30.3 Å². The van der Waals surface area contributed by atoms with E-state index in [1.165, 1.54) is 6.92 Å². The van der Waals surface area contributed by atoms with Crippen LogP contribution in [0.3, 0.4) is 0 Å². The van der Waals surface area contributed by atoms with Gasteiger partial charge in [0.1, 0.15) is 5.56 Å². The minimum atomic E-state index is -4.69. The highest BCUT2D eigenvalue weighted by Crippen LogP contribution is 2.33. The van der Waals surface area contributed by atoms with Gasteiger partial charge < -0.3 is 5.32 Å². The molecule has 4 aromatic rings. The normalized spacial score (nSPS) is 11.7. The molecule has 32 heavy (non-hydrogen) atoms. The van der Waals surface area contributed by atoms with Gasteiger partial charge >= 0.3 is 6.18 Å². The number of aromatic nitrogens is 3. The molecule has 0 aliphatic carbocycles. The third-order valence-corrected chi connectivity index (χ3v) is 5.22. The summed E-state index contributed by atoms with van der Waals surface area (Å²) in [5, 5.41) is 7.18. The Hall–Kier alpha value is -3.39. The van der Waals surface area contributed by atoms with Crippen molar-refractivity contribution in [3.05, 3.63) is 88.2 Å². The molecule has 1 N–H and O–H groups in total. The predicted octanol–water partition coefficient (Wildman–Crippen LogP) is 5.35. The van der Waals surface area contributed by atoms with Crippen LogP contribution in [0, 0.1) is 6.92 Å². The maximum atomic E-state index is 13.8. The van der Waals surface area contributed by atoms with E-state index in [0.717, 1.165) is 11.6 Å². The Morgan fingerprint density at radius 3 is 2.44 bits per heavy atom. The third-order valence-electron chi connectivity index (χ3n) is 4.96. The first-order chi connectivity index (χ1) is 15.2. The van der Waals surface area contributed by atoms with E-state index >= 15 is 0 Å². The van der Waals surface area contributed by atoms with Gasteiger partial charge in [-0.2, -0.15) is 18.3 Å². The van der Waals surface area contributed by atoms with Gasteiger partial charge in [-0.25, -0.2) is 9.50 Å². The summed E-state index contributed by atoms with van der Waals surface area (Å²) >= 11 is 5.89. The van der Waals surface area contributed by atoms with E-state index in [4.69, 9.17) is 11.6 Å². The molecule has 0 spiro atoms. The molecule has 2 heterocycles. The van der Waals surface area contributed by atoms with Crippen molar-refractivity contribution in [3.63, 3.8) is 0 Å². The molecule has 2 aromatic carbocycles. The Balaban J connectivity index is 1.73. The first-order valence-corrected chi connectivity index (χ1v) is 10.2. The molecule has 2 aromatic heterocycles. The molecule has 0 aliphatic rings. The van der Waals surface area contributed by atoms with Crippen LogP contribution in [-0.4, -0.2) is 27.0 Å². The van der Waals surface area contributed by atoms with Crippen LogP contribution >= 0.6 is 11.6 Å². The molecule has 5 nitrogen and oxygen atoms in total. The number of carbonyl (C=O) groups is 1. The van der Waals surface area contributed by atoms with Crippen LogP contribution in [0.1, 0.15) is 27.3 Å². The summed E-state index contributed by atoms with van der Waals surface area (Å²) in [5.74, 6) is -0.526. The lowest BCUT2D eigenvalue weighted by Crippen LogP contribution is -2.26. The highest BCUT2D eigenvalue weighted by atomic mass is 35.5. The first-order valence-electron chi connectivity index (χ1n) is 9.79. The van der Waals surface area contributed by atoms with Gasteiger partial charge in [-0.1, -0.05) is 54.1 Å². The molecule has 0 fully saturated rings. The molecule has 0 aliphatic heterocycles. The smallest absolute Gasteiger partial charge is 0.352 e. The number of aryl methyl sites for hydroxylation is 1. The summed E-state index contributed by atoms with van der Waals surface area (Å²) < 4.78 is 42.1. The molecule has 0 unspecified atom stereocenters. The summed E-state index contributed by atoms with van der Waals surface area (Å²) in [7, 11) is 0. The third kappa shape index (κ3) is 4.45. The van der Waals surface area contributed by atoms with Crippen molar-refractivity contribution in [2.24, 2.45) is 0 Å². The molecule has 0 radical (unpaired) electrons. The Morgan fingerprint density at radius 2 is 1.78 bits per heavy atom. The molecule has 0 saturated heterocycles. The fourth-order valence-electron chi connectivity index (χ4n) is 3.41. The van der Waals surface area contributed by atoms with E-state index in [1.54, 1.807) is 24.3 Å². The van der Waals surface area contributed by atoms with E-state index in [2.05, 4.69) is 15.4 Å². The van der Waals surface area contributed by atoms with E-state index in [-0.39, 0.29) is 22.6 Å².